The number of halogens is 1. The molecule has 0 aromatic heterocycles. The standard InChI is InChI=1S/C11H12FN3O/c1-2-10(14)11(16)15-8-3-4-9(12)7(5-8)6-13/h3-5,10H,2,14H2,1H3,(H,15,16)/t10-/m1/s1. The Morgan fingerprint density at radius 1 is 1.69 bits per heavy atom. The number of benzene rings is 1. The Balaban J connectivity index is 2.83. The highest BCUT2D eigenvalue weighted by atomic mass is 19.1. The van der Waals surface area contributed by atoms with E-state index >= 15 is 0 Å². The van der Waals surface area contributed by atoms with Crippen molar-refractivity contribution in [1.82, 2.24) is 0 Å². The number of nitrogens with zero attached hydrogens (tertiary/aromatic N) is 1. The molecule has 16 heavy (non-hydrogen) atoms. The monoisotopic (exact) mass is 221 g/mol. The van der Waals surface area contributed by atoms with Crippen LogP contribution < -0.4 is 11.1 Å². The minimum Gasteiger partial charge on any atom is -0.325 e. The number of nitrogens with two attached hydrogens (primary N) is 1. The SMILES string of the molecule is CC[C@@H](N)C(=O)Nc1ccc(F)c(C#N)c1. The van der Waals surface area contributed by atoms with Gasteiger partial charge in [-0.3, -0.25) is 4.79 Å². The van der Waals surface area contributed by atoms with Crippen molar-refractivity contribution >= 4 is 11.6 Å². The Kier molecular flexibility index (Phi) is 3.97. The number of nitriles is 1. The van der Waals surface area contributed by atoms with E-state index in [2.05, 4.69) is 5.32 Å². The number of hydrogen-bond acceptors (Lipinski definition) is 3. The van der Waals surface area contributed by atoms with Crippen molar-refractivity contribution in [2.45, 2.75) is 19.4 Å². The van der Waals surface area contributed by atoms with Gasteiger partial charge in [-0.05, 0) is 24.6 Å². The Labute approximate surface area is 92.9 Å². The van der Waals surface area contributed by atoms with E-state index in [1.807, 2.05) is 0 Å². The summed E-state index contributed by atoms with van der Waals surface area (Å²) in [7, 11) is 0. The number of anilines is 1. The summed E-state index contributed by atoms with van der Waals surface area (Å²) < 4.78 is 13.0. The van der Waals surface area contributed by atoms with Crippen molar-refractivity contribution < 1.29 is 9.18 Å². The molecule has 0 fully saturated rings. The maximum atomic E-state index is 13.0. The molecule has 0 aliphatic carbocycles. The van der Waals surface area contributed by atoms with E-state index in [0.717, 1.165) is 6.07 Å². The highest BCUT2D eigenvalue weighted by Gasteiger charge is 2.11. The van der Waals surface area contributed by atoms with Crippen molar-refractivity contribution in [3.05, 3.63) is 29.6 Å². The predicted octanol–water partition coefficient (Wildman–Crippen LogP) is 1.37. The molecule has 0 bridgehead atoms. The molecule has 1 amide bonds. The second-order valence-corrected chi connectivity index (χ2v) is 3.31. The lowest BCUT2D eigenvalue weighted by atomic mass is 10.2. The van der Waals surface area contributed by atoms with E-state index in [1.54, 1.807) is 13.0 Å². The summed E-state index contributed by atoms with van der Waals surface area (Å²) in [5.74, 6) is -0.960. The van der Waals surface area contributed by atoms with Crippen molar-refractivity contribution in [2.24, 2.45) is 5.73 Å². The zero-order valence-corrected chi connectivity index (χ0v) is 8.83. The molecule has 5 heteroatoms. The summed E-state index contributed by atoms with van der Waals surface area (Å²) in [5, 5.41) is 11.1. The van der Waals surface area contributed by atoms with E-state index in [1.165, 1.54) is 12.1 Å². The second kappa shape index (κ2) is 5.24. The van der Waals surface area contributed by atoms with E-state index in [0.29, 0.717) is 12.1 Å². The molecule has 0 aliphatic heterocycles. The highest BCUT2D eigenvalue weighted by Crippen LogP contribution is 2.14. The topological polar surface area (TPSA) is 78.9 Å². The molecule has 3 N–H and O–H groups in total. The van der Waals surface area contributed by atoms with Crippen molar-refractivity contribution in [3.8, 4) is 6.07 Å². The molecule has 1 rings (SSSR count). The number of nitrogens with one attached hydrogen (secondary N) is 1. The Hall–Kier alpha value is -1.93. The molecule has 0 unspecified atom stereocenters. The van der Waals surface area contributed by atoms with Crippen LogP contribution in [-0.2, 0) is 4.79 Å². The fourth-order valence-corrected chi connectivity index (χ4v) is 1.11. The fraction of sp³-hybridized carbons (Fsp3) is 0.273. The van der Waals surface area contributed by atoms with E-state index in [-0.39, 0.29) is 11.5 Å². The first-order valence-corrected chi connectivity index (χ1v) is 4.84. The molecule has 0 heterocycles. The Morgan fingerprint density at radius 2 is 2.38 bits per heavy atom. The van der Waals surface area contributed by atoms with Gasteiger partial charge in [-0.25, -0.2) is 4.39 Å². The van der Waals surface area contributed by atoms with E-state index in [9.17, 15) is 9.18 Å². The van der Waals surface area contributed by atoms with Gasteiger partial charge in [-0.1, -0.05) is 6.92 Å². The van der Waals surface area contributed by atoms with Crippen LogP contribution in [0.15, 0.2) is 18.2 Å². The maximum absolute atomic E-state index is 13.0. The molecule has 1 atom stereocenters. The third-order valence-electron chi connectivity index (χ3n) is 2.13. The maximum Gasteiger partial charge on any atom is 0.241 e. The molecular formula is C11H12FN3O. The van der Waals surface area contributed by atoms with Gasteiger partial charge < -0.3 is 11.1 Å². The zero-order chi connectivity index (χ0) is 12.1. The van der Waals surface area contributed by atoms with Gasteiger partial charge in [0.15, 0.2) is 0 Å². The smallest absolute Gasteiger partial charge is 0.241 e. The predicted molar refractivity (Wildman–Crippen MR) is 58.0 cm³/mol. The quantitative estimate of drug-likeness (QED) is 0.809. The number of carbonyl (C=O) groups is 1. The Bertz CT molecular complexity index is 439. The summed E-state index contributed by atoms with van der Waals surface area (Å²) in [6.45, 7) is 1.79. The van der Waals surface area contributed by atoms with Crippen LogP contribution in [0.4, 0.5) is 10.1 Å². The van der Waals surface area contributed by atoms with Crippen LogP contribution in [0.5, 0.6) is 0 Å². The normalized spacial score (nSPS) is 11.6. The lowest BCUT2D eigenvalue weighted by Crippen LogP contribution is -2.34. The van der Waals surface area contributed by atoms with Crippen LogP contribution in [0.3, 0.4) is 0 Å². The second-order valence-electron chi connectivity index (χ2n) is 3.31. The van der Waals surface area contributed by atoms with Crippen molar-refractivity contribution in [2.75, 3.05) is 5.32 Å². The van der Waals surface area contributed by atoms with Gasteiger partial charge in [0.1, 0.15) is 11.9 Å². The number of carbonyl (C=O) groups excluding carboxylic acids is 1. The number of amides is 1. The average Bonchev–Trinajstić information content (AvgIpc) is 2.30. The number of hydrogen-bond donors (Lipinski definition) is 2. The lowest BCUT2D eigenvalue weighted by molar-refractivity contribution is -0.117. The van der Waals surface area contributed by atoms with E-state index in [4.69, 9.17) is 11.0 Å². The molecule has 0 aliphatic rings. The van der Waals surface area contributed by atoms with Crippen LogP contribution >= 0.6 is 0 Å². The summed E-state index contributed by atoms with van der Waals surface area (Å²) in [6, 6.07) is 4.88. The molecule has 1 aromatic carbocycles. The van der Waals surface area contributed by atoms with E-state index < -0.39 is 11.9 Å². The molecule has 1 aromatic rings. The van der Waals surface area contributed by atoms with Crippen LogP contribution in [0.1, 0.15) is 18.9 Å². The first kappa shape index (κ1) is 12.1. The molecule has 84 valence electrons. The molecule has 0 spiro atoms. The summed E-state index contributed by atoms with van der Waals surface area (Å²) in [6.07, 6.45) is 0.512. The first-order valence-electron chi connectivity index (χ1n) is 4.84. The minimum atomic E-state index is -0.611. The first-order chi connectivity index (χ1) is 7.58. The van der Waals surface area contributed by atoms with Crippen LogP contribution in [0.2, 0.25) is 0 Å². The van der Waals surface area contributed by atoms with Gasteiger partial charge in [-0.2, -0.15) is 5.26 Å². The van der Waals surface area contributed by atoms with Gasteiger partial charge >= 0.3 is 0 Å². The van der Waals surface area contributed by atoms with Crippen LogP contribution in [0, 0.1) is 17.1 Å². The summed E-state index contributed by atoms with van der Waals surface area (Å²) in [4.78, 5) is 11.4. The van der Waals surface area contributed by atoms with Gasteiger partial charge in [0.25, 0.3) is 0 Å². The molecule has 4 nitrogen and oxygen atoms in total. The van der Waals surface area contributed by atoms with Gasteiger partial charge in [0, 0.05) is 5.69 Å². The molecule has 0 saturated heterocycles. The fourth-order valence-electron chi connectivity index (χ4n) is 1.11. The van der Waals surface area contributed by atoms with Crippen molar-refractivity contribution in [3.63, 3.8) is 0 Å². The Morgan fingerprint density at radius 3 is 2.94 bits per heavy atom. The van der Waals surface area contributed by atoms with Gasteiger partial charge in [0.2, 0.25) is 5.91 Å². The average molecular weight is 221 g/mol. The zero-order valence-electron chi connectivity index (χ0n) is 8.83. The van der Waals surface area contributed by atoms with Crippen molar-refractivity contribution in [1.29, 1.82) is 5.26 Å². The minimum absolute atomic E-state index is 0.108. The third kappa shape index (κ3) is 2.78. The molecule has 0 radical (unpaired) electrons. The largest absolute Gasteiger partial charge is 0.325 e. The van der Waals surface area contributed by atoms with Gasteiger partial charge in [-0.15, -0.1) is 0 Å². The summed E-state index contributed by atoms with van der Waals surface area (Å²) >= 11 is 0. The number of rotatable bonds is 3. The highest BCUT2D eigenvalue weighted by molar-refractivity contribution is 5.94. The summed E-state index contributed by atoms with van der Waals surface area (Å²) in [5.41, 5.74) is 5.77. The lowest BCUT2D eigenvalue weighted by Gasteiger charge is -2.10. The van der Waals surface area contributed by atoms with Gasteiger partial charge in [0.05, 0.1) is 11.6 Å². The third-order valence-corrected chi connectivity index (χ3v) is 2.13. The molecule has 0 saturated carbocycles. The van der Waals surface area contributed by atoms with Crippen LogP contribution in [0.25, 0.3) is 0 Å². The van der Waals surface area contributed by atoms with Crippen LogP contribution in [-0.4, -0.2) is 11.9 Å². The molecular weight excluding hydrogens is 209 g/mol.